The standard InChI is InChI=1S/C13H17N5O/c1-19-12-9-5-4-8-11(12)18-13(15-16-17-18)14-10-6-2-3-7-10/h4-5,8-10H,2-3,6-7H2,1H3,(H,14,15,17). The highest BCUT2D eigenvalue weighted by Gasteiger charge is 2.19. The fourth-order valence-electron chi connectivity index (χ4n) is 2.50. The number of methoxy groups -OCH3 is 1. The van der Waals surface area contributed by atoms with Crippen LogP contribution in [0.25, 0.3) is 5.69 Å². The van der Waals surface area contributed by atoms with Crippen LogP contribution in [0.15, 0.2) is 24.3 Å². The van der Waals surface area contributed by atoms with Gasteiger partial charge in [-0.3, -0.25) is 0 Å². The Kier molecular flexibility index (Phi) is 3.31. The highest BCUT2D eigenvalue weighted by molar-refractivity contribution is 5.49. The molecule has 3 rings (SSSR count). The molecular weight excluding hydrogens is 242 g/mol. The number of benzene rings is 1. The first-order chi connectivity index (χ1) is 9.38. The Bertz CT molecular complexity index is 547. The zero-order valence-corrected chi connectivity index (χ0v) is 10.9. The molecular formula is C13H17N5O. The molecule has 100 valence electrons. The molecule has 1 aromatic heterocycles. The van der Waals surface area contributed by atoms with Gasteiger partial charge in [0.05, 0.1) is 7.11 Å². The Hall–Kier alpha value is -2.11. The molecule has 0 amide bonds. The second kappa shape index (κ2) is 5.26. The Morgan fingerprint density at radius 2 is 2.05 bits per heavy atom. The van der Waals surface area contributed by atoms with Crippen LogP contribution in [-0.2, 0) is 0 Å². The molecule has 1 N–H and O–H groups in total. The Labute approximate surface area is 111 Å². The Morgan fingerprint density at radius 3 is 2.84 bits per heavy atom. The molecule has 2 aromatic rings. The maximum atomic E-state index is 5.35. The van der Waals surface area contributed by atoms with Gasteiger partial charge >= 0.3 is 0 Å². The van der Waals surface area contributed by atoms with Crippen LogP contribution < -0.4 is 10.1 Å². The Balaban J connectivity index is 1.90. The molecule has 1 aliphatic carbocycles. The summed E-state index contributed by atoms with van der Waals surface area (Å²) in [4.78, 5) is 0. The minimum Gasteiger partial charge on any atom is -0.494 e. The zero-order chi connectivity index (χ0) is 13.1. The number of nitrogens with one attached hydrogen (secondary N) is 1. The summed E-state index contributed by atoms with van der Waals surface area (Å²) in [7, 11) is 1.65. The van der Waals surface area contributed by atoms with E-state index >= 15 is 0 Å². The molecule has 6 heteroatoms. The van der Waals surface area contributed by atoms with Crippen molar-refractivity contribution in [1.29, 1.82) is 0 Å². The summed E-state index contributed by atoms with van der Waals surface area (Å²) in [5, 5.41) is 15.3. The first-order valence-electron chi connectivity index (χ1n) is 6.57. The maximum absolute atomic E-state index is 5.35. The number of tetrazole rings is 1. The third kappa shape index (κ3) is 2.38. The van der Waals surface area contributed by atoms with E-state index in [1.165, 1.54) is 25.7 Å². The van der Waals surface area contributed by atoms with Crippen molar-refractivity contribution in [1.82, 2.24) is 20.2 Å². The van der Waals surface area contributed by atoms with E-state index in [4.69, 9.17) is 4.74 Å². The van der Waals surface area contributed by atoms with Crippen molar-refractivity contribution in [3.8, 4) is 11.4 Å². The maximum Gasteiger partial charge on any atom is 0.248 e. The van der Waals surface area contributed by atoms with E-state index in [-0.39, 0.29) is 0 Å². The largest absolute Gasteiger partial charge is 0.494 e. The van der Waals surface area contributed by atoms with Crippen LogP contribution in [0.5, 0.6) is 5.75 Å². The number of hydrogen-bond donors (Lipinski definition) is 1. The van der Waals surface area contributed by atoms with Gasteiger partial charge in [-0.05, 0) is 35.4 Å². The van der Waals surface area contributed by atoms with Crippen molar-refractivity contribution in [2.45, 2.75) is 31.7 Å². The molecule has 19 heavy (non-hydrogen) atoms. The lowest BCUT2D eigenvalue weighted by Gasteiger charge is -2.13. The second-order valence-electron chi connectivity index (χ2n) is 4.71. The van der Waals surface area contributed by atoms with Crippen LogP contribution in [0.3, 0.4) is 0 Å². The highest BCUT2D eigenvalue weighted by atomic mass is 16.5. The number of hydrogen-bond acceptors (Lipinski definition) is 5. The molecule has 1 saturated carbocycles. The topological polar surface area (TPSA) is 64.9 Å². The lowest BCUT2D eigenvalue weighted by atomic mass is 10.2. The number of aromatic nitrogens is 4. The quantitative estimate of drug-likeness (QED) is 0.910. The summed E-state index contributed by atoms with van der Waals surface area (Å²) in [6.07, 6.45) is 4.90. The molecule has 0 atom stereocenters. The van der Waals surface area contributed by atoms with Gasteiger partial charge < -0.3 is 10.1 Å². The molecule has 0 spiro atoms. The molecule has 0 saturated heterocycles. The summed E-state index contributed by atoms with van der Waals surface area (Å²) < 4.78 is 7.04. The molecule has 6 nitrogen and oxygen atoms in total. The number of anilines is 1. The first kappa shape index (κ1) is 12.0. The van der Waals surface area contributed by atoms with Gasteiger partial charge in [-0.2, -0.15) is 4.68 Å². The smallest absolute Gasteiger partial charge is 0.248 e. The van der Waals surface area contributed by atoms with Crippen LogP contribution in [0.1, 0.15) is 25.7 Å². The zero-order valence-electron chi connectivity index (χ0n) is 10.9. The minimum atomic E-state index is 0.472. The SMILES string of the molecule is COc1ccccc1-n1nnnc1NC1CCCC1. The van der Waals surface area contributed by atoms with E-state index in [1.54, 1.807) is 11.8 Å². The molecule has 1 aliphatic rings. The molecule has 1 fully saturated rings. The first-order valence-corrected chi connectivity index (χ1v) is 6.57. The van der Waals surface area contributed by atoms with E-state index in [0.717, 1.165) is 11.4 Å². The van der Waals surface area contributed by atoms with Crippen LogP contribution in [0.4, 0.5) is 5.95 Å². The third-order valence-corrected chi connectivity index (χ3v) is 3.47. The van der Waals surface area contributed by atoms with Crippen molar-refractivity contribution < 1.29 is 4.74 Å². The van der Waals surface area contributed by atoms with E-state index < -0.39 is 0 Å². The summed E-state index contributed by atoms with van der Waals surface area (Å²) in [5.74, 6) is 1.43. The number of ether oxygens (including phenoxy) is 1. The van der Waals surface area contributed by atoms with Gasteiger partial charge in [0, 0.05) is 6.04 Å². The number of rotatable bonds is 4. The molecule has 0 unspecified atom stereocenters. The molecule has 0 radical (unpaired) electrons. The van der Waals surface area contributed by atoms with Gasteiger partial charge in [-0.25, -0.2) is 0 Å². The van der Waals surface area contributed by atoms with Crippen LogP contribution in [0.2, 0.25) is 0 Å². The van der Waals surface area contributed by atoms with Crippen LogP contribution in [-0.4, -0.2) is 33.4 Å². The van der Waals surface area contributed by atoms with Gasteiger partial charge in [-0.15, -0.1) is 0 Å². The second-order valence-corrected chi connectivity index (χ2v) is 4.71. The van der Waals surface area contributed by atoms with Crippen molar-refractivity contribution in [2.24, 2.45) is 0 Å². The van der Waals surface area contributed by atoms with Crippen molar-refractivity contribution in [3.05, 3.63) is 24.3 Å². The lowest BCUT2D eigenvalue weighted by Crippen LogP contribution is -2.18. The minimum absolute atomic E-state index is 0.472. The van der Waals surface area contributed by atoms with E-state index in [1.807, 2.05) is 24.3 Å². The summed E-state index contributed by atoms with van der Waals surface area (Å²) in [6, 6.07) is 8.18. The monoisotopic (exact) mass is 259 g/mol. The number of para-hydroxylation sites is 2. The highest BCUT2D eigenvalue weighted by Crippen LogP contribution is 2.25. The van der Waals surface area contributed by atoms with E-state index in [2.05, 4.69) is 20.8 Å². The van der Waals surface area contributed by atoms with Crippen molar-refractivity contribution in [3.63, 3.8) is 0 Å². The average molecular weight is 259 g/mol. The van der Waals surface area contributed by atoms with Crippen LogP contribution in [0, 0.1) is 0 Å². The van der Waals surface area contributed by atoms with Crippen molar-refractivity contribution in [2.75, 3.05) is 12.4 Å². The number of nitrogens with zero attached hydrogens (tertiary/aromatic N) is 4. The molecule has 0 aliphatic heterocycles. The lowest BCUT2D eigenvalue weighted by molar-refractivity contribution is 0.411. The predicted molar refractivity (Wildman–Crippen MR) is 71.6 cm³/mol. The summed E-state index contributed by atoms with van der Waals surface area (Å²) in [6.45, 7) is 0. The van der Waals surface area contributed by atoms with Crippen molar-refractivity contribution >= 4 is 5.95 Å². The summed E-state index contributed by atoms with van der Waals surface area (Å²) in [5.41, 5.74) is 0.843. The van der Waals surface area contributed by atoms with E-state index in [0.29, 0.717) is 12.0 Å². The third-order valence-electron chi connectivity index (χ3n) is 3.47. The Morgan fingerprint density at radius 1 is 1.26 bits per heavy atom. The van der Waals surface area contributed by atoms with Gasteiger partial charge in [-0.1, -0.05) is 30.1 Å². The fourth-order valence-corrected chi connectivity index (χ4v) is 2.50. The van der Waals surface area contributed by atoms with E-state index in [9.17, 15) is 0 Å². The van der Waals surface area contributed by atoms with Gasteiger partial charge in [0.2, 0.25) is 5.95 Å². The molecule has 0 bridgehead atoms. The van der Waals surface area contributed by atoms with Crippen LogP contribution >= 0.6 is 0 Å². The molecule has 1 heterocycles. The average Bonchev–Trinajstić information content (AvgIpc) is 3.11. The fraction of sp³-hybridized carbons (Fsp3) is 0.462. The normalized spacial score (nSPS) is 15.6. The predicted octanol–water partition coefficient (Wildman–Crippen LogP) is 2.03. The van der Waals surface area contributed by atoms with Gasteiger partial charge in [0.15, 0.2) is 0 Å². The van der Waals surface area contributed by atoms with Gasteiger partial charge in [0.25, 0.3) is 0 Å². The van der Waals surface area contributed by atoms with Gasteiger partial charge in [0.1, 0.15) is 11.4 Å². The summed E-state index contributed by atoms with van der Waals surface area (Å²) >= 11 is 0. The molecule has 1 aromatic carbocycles.